The minimum atomic E-state index is -2.68. The van der Waals surface area contributed by atoms with E-state index in [-0.39, 0.29) is 29.9 Å². The lowest BCUT2D eigenvalue weighted by Gasteiger charge is -2.12. The van der Waals surface area contributed by atoms with Gasteiger partial charge in [-0.3, -0.25) is 4.78 Å². The molecule has 1 unspecified atom stereocenters. The summed E-state index contributed by atoms with van der Waals surface area (Å²) in [6, 6.07) is 13.9. The smallest absolute Gasteiger partial charge is 0.230 e. The van der Waals surface area contributed by atoms with Gasteiger partial charge in [-0.2, -0.15) is 9.37 Å². The van der Waals surface area contributed by atoms with Crippen LogP contribution in [0.25, 0.3) is 11.4 Å². The molecule has 2 aromatic heterocycles. The highest BCUT2D eigenvalue weighted by atomic mass is 32.2. The minimum Gasteiger partial charge on any atom is -0.488 e. The van der Waals surface area contributed by atoms with Crippen LogP contribution in [0.15, 0.2) is 67.1 Å². The molecule has 4 aromatic rings. The van der Waals surface area contributed by atoms with Crippen molar-refractivity contribution in [3.8, 4) is 17.1 Å². The Morgan fingerprint density at radius 2 is 1.88 bits per heavy atom. The molecule has 0 radical (unpaired) electrons. The summed E-state index contributed by atoms with van der Waals surface area (Å²) in [7, 11) is -2.68. The lowest BCUT2D eigenvalue weighted by molar-refractivity contribution is 0.304. The SMILES string of the molecule is CS(=N)(=O)Cc1cccc(Nc2ncnc(-c3ccc(F)cc3OCc3ccnc(F)c3)n2)c1. The Morgan fingerprint density at radius 3 is 2.68 bits per heavy atom. The molecule has 0 amide bonds. The van der Waals surface area contributed by atoms with E-state index in [9.17, 15) is 13.0 Å². The van der Waals surface area contributed by atoms with Gasteiger partial charge in [-0.15, -0.1) is 0 Å². The molecule has 0 aliphatic carbocycles. The van der Waals surface area contributed by atoms with Crippen LogP contribution in [0.5, 0.6) is 5.75 Å². The summed E-state index contributed by atoms with van der Waals surface area (Å²) in [5, 5.41) is 3.06. The van der Waals surface area contributed by atoms with E-state index in [0.717, 1.165) is 5.56 Å². The molecule has 174 valence electrons. The monoisotopic (exact) mass is 482 g/mol. The van der Waals surface area contributed by atoms with Gasteiger partial charge in [-0.1, -0.05) is 12.1 Å². The average molecular weight is 483 g/mol. The summed E-state index contributed by atoms with van der Waals surface area (Å²) in [6.07, 6.45) is 4.02. The maximum atomic E-state index is 13.9. The van der Waals surface area contributed by atoms with Gasteiger partial charge in [0.2, 0.25) is 11.9 Å². The van der Waals surface area contributed by atoms with Crippen molar-refractivity contribution in [1.29, 1.82) is 4.78 Å². The lowest BCUT2D eigenvalue weighted by atomic mass is 10.2. The second-order valence-electron chi connectivity index (χ2n) is 7.52. The van der Waals surface area contributed by atoms with Crippen molar-refractivity contribution in [1.82, 2.24) is 19.9 Å². The molecule has 0 spiro atoms. The van der Waals surface area contributed by atoms with E-state index in [1.165, 1.54) is 43.0 Å². The van der Waals surface area contributed by atoms with Gasteiger partial charge in [0.05, 0.1) is 11.3 Å². The highest BCUT2D eigenvalue weighted by Crippen LogP contribution is 2.29. The van der Waals surface area contributed by atoms with Crippen molar-refractivity contribution in [3.05, 3.63) is 90.0 Å². The van der Waals surface area contributed by atoms with Gasteiger partial charge in [0.15, 0.2) is 5.82 Å². The summed E-state index contributed by atoms with van der Waals surface area (Å²) >= 11 is 0. The molecule has 0 saturated carbocycles. The van der Waals surface area contributed by atoms with Gasteiger partial charge in [0.25, 0.3) is 0 Å². The van der Waals surface area contributed by atoms with Crippen LogP contribution in [0, 0.1) is 16.5 Å². The maximum Gasteiger partial charge on any atom is 0.230 e. The number of ether oxygens (including phenoxy) is 1. The van der Waals surface area contributed by atoms with Crippen LogP contribution in [-0.4, -0.2) is 30.4 Å². The highest BCUT2D eigenvalue weighted by Gasteiger charge is 2.13. The first-order chi connectivity index (χ1) is 16.2. The van der Waals surface area contributed by atoms with Gasteiger partial charge < -0.3 is 10.1 Å². The Balaban J connectivity index is 1.57. The zero-order valence-electron chi connectivity index (χ0n) is 18.0. The number of hydrogen-bond acceptors (Lipinski definition) is 8. The van der Waals surface area contributed by atoms with E-state index < -0.39 is 21.5 Å². The first-order valence-corrected chi connectivity index (χ1v) is 12.2. The van der Waals surface area contributed by atoms with E-state index in [0.29, 0.717) is 16.8 Å². The predicted molar refractivity (Wildman–Crippen MR) is 124 cm³/mol. The number of hydrogen-bond donors (Lipinski definition) is 2. The molecule has 2 aromatic carbocycles. The van der Waals surface area contributed by atoms with Gasteiger partial charge in [0.1, 0.15) is 24.5 Å². The standard InChI is InChI=1S/C23H20F2N6O2S/c1-34(26,32)13-16-3-2-4-18(9-16)30-23-29-14-28-22(31-23)19-6-5-17(24)11-20(19)33-12-15-7-8-27-21(25)10-15/h2-11,14,26H,12-13H2,1H3,(H,28,29,30,31). The van der Waals surface area contributed by atoms with E-state index in [1.807, 2.05) is 0 Å². The number of anilines is 2. The molecule has 0 bridgehead atoms. The summed E-state index contributed by atoms with van der Waals surface area (Å²) in [6.45, 7) is -0.00447. The Kier molecular flexibility index (Phi) is 6.73. The van der Waals surface area contributed by atoms with E-state index in [4.69, 9.17) is 9.52 Å². The molecule has 0 saturated heterocycles. The molecule has 1 atom stereocenters. The summed E-state index contributed by atoms with van der Waals surface area (Å²) in [5.74, 6) is -0.357. The quantitative estimate of drug-likeness (QED) is 0.350. The van der Waals surface area contributed by atoms with Crippen LogP contribution in [0.2, 0.25) is 0 Å². The van der Waals surface area contributed by atoms with E-state index >= 15 is 0 Å². The van der Waals surface area contributed by atoms with Crippen LogP contribution in [0.3, 0.4) is 0 Å². The highest BCUT2D eigenvalue weighted by molar-refractivity contribution is 7.90. The number of pyridine rings is 1. The Morgan fingerprint density at radius 1 is 1.03 bits per heavy atom. The molecule has 2 N–H and O–H groups in total. The molecule has 8 nitrogen and oxygen atoms in total. The largest absolute Gasteiger partial charge is 0.488 e. The van der Waals surface area contributed by atoms with Crippen LogP contribution < -0.4 is 10.1 Å². The second-order valence-corrected chi connectivity index (χ2v) is 9.82. The Labute approximate surface area is 195 Å². The third-order valence-corrected chi connectivity index (χ3v) is 5.45. The molecule has 4 rings (SSSR count). The van der Waals surface area contributed by atoms with Gasteiger partial charge in [0, 0.05) is 33.9 Å². The molecular formula is C23H20F2N6O2S. The van der Waals surface area contributed by atoms with Gasteiger partial charge >= 0.3 is 0 Å². The Bertz CT molecular complexity index is 1430. The fourth-order valence-electron chi connectivity index (χ4n) is 3.17. The van der Waals surface area contributed by atoms with Gasteiger partial charge in [-0.25, -0.2) is 23.6 Å². The molecule has 0 aliphatic rings. The summed E-state index contributed by atoms with van der Waals surface area (Å²) in [4.78, 5) is 16.2. The lowest BCUT2D eigenvalue weighted by Crippen LogP contribution is -2.03. The number of nitrogens with zero attached hydrogens (tertiary/aromatic N) is 4. The molecule has 11 heteroatoms. The zero-order chi connectivity index (χ0) is 24.1. The molecule has 34 heavy (non-hydrogen) atoms. The number of aromatic nitrogens is 4. The maximum absolute atomic E-state index is 13.9. The van der Waals surface area contributed by atoms with E-state index in [2.05, 4.69) is 25.3 Å². The Hall–Kier alpha value is -3.99. The first kappa shape index (κ1) is 23.2. The zero-order valence-corrected chi connectivity index (χ0v) is 18.9. The van der Waals surface area contributed by atoms with Crippen LogP contribution >= 0.6 is 0 Å². The predicted octanol–water partition coefficient (Wildman–Crippen LogP) is 4.71. The molecular weight excluding hydrogens is 462 g/mol. The molecule has 0 aliphatic heterocycles. The van der Waals surface area contributed by atoms with Crippen molar-refractivity contribution in [2.24, 2.45) is 0 Å². The topological polar surface area (TPSA) is 114 Å². The average Bonchev–Trinajstić information content (AvgIpc) is 2.77. The molecule has 2 heterocycles. The minimum absolute atomic E-state index is 0.00447. The number of benzene rings is 2. The van der Waals surface area contributed by atoms with Crippen LogP contribution in [-0.2, 0) is 22.1 Å². The van der Waals surface area contributed by atoms with Crippen LogP contribution in [0.4, 0.5) is 20.4 Å². The number of nitrogens with one attached hydrogen (secondary N) is 2. The van der Waals surface area contributed by atoms with Crippen LogP contribution in [0.1, 0.15) is 11.1 Å². The van der Waals surface area contributed by atoms with Crippen molar-refractivity contribution in [2.75, 3.05) is 11.6 Å². The number of halogens is 2. The summed E-state index contributed by atoms with van der Waals surface area (Å²) < 4.78 is 52.4. The van der Waals surface area contributed by atoms with Crippen molar-refractivity contribution >= 4 is 21.4 Å². The third-order valence-electron chi connectivity index (χ3n) is 4.57. The van der Waals surface area contributed by atoms with Crippen molar-refractivity contribution < 1.29 is 17.7 Å². The summed E-state index contributed by atoms with van der Waals surface area (Å²) in [5.41, 5.74) is 2.34. The van der Waals surface area contributed by atoms with Crippen molar-refractivity contribution in [2.45, 2.75) is 12.4 Å². The number of rotatable bonds is 8. The van der Waals surface area contributed by atoms with Crippen molar-refractivity contribution in [3.63, 3.8) is 0 Å². The molecule has 0 fully saturated rings. The second kappa shape index (κ2) is 9.87. The normalized spacial score (nSPS) is 12.7. The van der Waals surface area contributed by atoms with Gasteiger partial charge in [-0.05, 0) is 47.5 Å². The van der Waals surface area contributed by atoms with E-state index in [1.54, 1.807) is 30.3 Å². The first-order valence-electron chi connectivity index (χ1n) is 10.0. The third kappa shape index (κ3) is 6.29. The fourth-order valence-corrected chi connectivity index (χ4v) is 3.98. The fraction of sp³-hybridized carbons (Fsp3) is 0.130.